The lowest BCUT2D eigenvalue weighted by molar-refractivity contribution is -0.260. The van der Waals surface area contributed by atoms with Crippen LogP contribution in [0.2, 0.25) is 0 Å². The number of nitroso groups, excluding NO2 is 1. The molecule has 0 aliphatic carbocycles. The van der Waals surface area contributed by atoms with Gasteiger partial charge in [0.25, 0.3) is 0 Å². The standard InChI is InChI=1S/C8H15N3O7/c1-11(10-17)8(16)9-4-5(13)3(2-12)18-7(15)6(4)14/h3-7,12-15H,2H2,1H3,(H,9,16)/t3-,4+,5-,6-,7-/m1/s1. The molecule has 1 aliphatic heterocycles. The van der Waals surface area contributed by atoms with E-state index in [0.29, 0.717) is 5.01 Å². The Hall–Kier alpha value is -1.33. The predicted octanol–water partition coefficient (Wildman–Crippen LogP) is -2.89. The minimum Gasteiger partial charge on any atom is -0.394 e. The molecule has 1 aliphatic rings. The largest absolute Gasteiger partial charge is 0.394 e. The van der Waals surface area contributed by atoms with Crippen molar-refractivity contribution in [2.24, 2.45) is 5.29 Å². The van der Waals surface area contributed by atoms with Gasteiger partial charge >= 0.3 is 6.03 Å². The van der Waals surface area contributed by atoms with Crippen LogP contribution < -0.4 is 5.32 Å². The van der Waals surface area contributed by atoms with E-state index in [4.69, 9.17) is 9.84 Å². The maximum atomic E-state index is 11.3. The molecule has 1 heterocycles. The molecule has 0 aromatic carbocycles. The molecule has 18 heavy (non-hydrogen) atoms. The zero-order valence-electron chi connectivity index (χ0n) is 9.50. The maximum Gasteiger partial charge on any atom is 0.340 e. The fourth-order valence-corrected chi connectivity index (χ4v) is 1.55. The highest BCUT2D eigenvalue weighted by molar-refractivity contribution is 5.73. The molecule has 0 aromatic heterocycles. The molecule has 10 heteroatoms. The van der Waals surface area contributed by atoms with E-state index < -0.39 is 43.3 Å². The summed E-state index contributed by atoms with van der Waals surface area (Å²) in [6.07, 6.45) is -5.89. The summed E-state index contributed by atoms with van der Waals surface area (Å²) in [6.45, 7) is -0.612. The Kier molecular flexibility index (Phi) is 4.93. The summed E-state index contributed by atoms with van der Waals surface area (Å²) in [7, 11) is 1.07. The van der Waals surface area contributed by atoms with Gasteiger partial charge in [-0.05, 0) is 0 Å². The first-order valence-electron chi connectivity index (χ1n) is 5.10. The van der Waals surface area contributed by atoms with E-state index in [1.165, 1.54) is 0 Å². The van der Waals surface area contributed by atoms with Crippen molar-refractivity contribution in [1.29, 1.82) is 0 Å². The Balaban J connectivity index is 2.76. The van der Waals surface area contributed by atoms with Gasteiger partial charge < -0.3 is 30.5 Å². The second-order valence-electron chi connectivity index (χ2n) is 3.81. The molecule has 1 fully saturated rings. The van der Waals surface area contributed by atoms with Crippen LogP contribution in [0.3, 0.4) is 0 Å². The third-order valence-electron chi connectivity index (χ3n) is 2.61. The Bertz CT molecular complexity index is 315. The second-order valence-corrected chi connectivity index (χ2v) is 3.81. The number of ether oxygens (including phenoxy) is 1. The van der Waals surface area contributed by atoms with E-state index >= 15 is 0 Å². The molecule has 0 bridgehead atoms. The molecule has 2 amide bonds. The van der Waals surface area contributed by atoms with Crippen molar-refractivity contribution in [3.05, 3.63) is 4.91 Å². The topological polar surface area (TPSA) is 152 Å². The number of urea groups is 1. The van der Waals surface area contributed by atoms with Crippen molar-refractivity contribution in [1.82, 2.24) is 10.3 Å². The molecule has 0 radical (unpaired) electrons. The fourth-order valence-electron chi connectivity index (χ4n) is 1.55. The summed E-state index contributed by atoms with van der Waals surface area (Å²) in [5, 5.41) is 42.4. The third kappa shape index (κ3) is 2.91. The minimum atomic E-state index is -1.68. The van der Waals surface area contributed by atoms with Crippen molar-refractivity contribution in [3.8, 4) is 0 Å². The fraction of sp³-hybridized carbons (Fsp3) is 0.875. The highest BCUT2D eigenvalue weighted by atomic mass is 16.6. The van der Waals surface area contributed by atoms with E-state index in [0.717, 1.165) is 7.05 Å². The Morgan fingerprint density at radius 2 is 2.00 bits per heavy atom. The number of amides is 2. The summed E-state index contributed by atoms with van der Waals surface area (Å²) in [5.41, 5.74) is 0. The van der Waals surface area contributed by atoms with Crippen LogP contribution in [0.4, 0.5) is 4.79 Å². The lowest BCUT2D eigenvalue weighted by atomic mass is 9.96. The van der Waals surface area contributed by atoms with Gasteiger partial charge in [-0.25, -0.2) is 4.79 Å². The smallest absolute Gasteiger partial charge is 0.340 e. The SMILES string of the molecule is CN(N=O)C(=O)N[C@@H]1[C@@H](O)[C@H](O)O[C@H](CO)[C@H]1O. The van der Waals surface area contributed by atoms with Crippen molar-refractivity contribution < 1.29 is 30.0 Å². The van der Waals surface area contributed by atoms with Crippen molar-refractivity contribution in [2.75, 3.05) is 13.7 Å². The van der Waals surface area contributed by atoms with Crippen LogP contribution in [-0.4, -0.2) is 75.8 Å². The van der Waals surface area contributed by atoms with E-state index in [1.807, 2.05) is 0 Å². The van der Waals surface area contributed by atoms with Crippen LogP contribution >= 0.6 is 0 Å². The van der Waals surface area contributed by atoms with Crippen LogP contribution in [0, 0.1) is 4.91 Å². The Morgan fingerprint density at radius 1 is 1.39 bits per heavy atom. The van der Waals surface area contributed by atoms with Gasteiger partial charge in [0, 0.05) is 7.05 Å². The summed E-state index contributed by atoms with van der Waals surface area (Å²) in [5.74, 6) is 0. The Morgan fingerprint density at radius 3 is 2.50 bits per heavy atom. The molecular weight excluding hydrogens is 250 g/mol. The number of nitrogens with one attached hydrogen (secondary N) is 1. The van der Waals surface area contributed by atoms with Crippen molar-refractivity contribution in [3.63, 3.8) is 0 Å². The first-order chi connectivity index (χ1) is 8.42. The number of carbonyl (C=O) groups is 1. The van der Waals surface area contributed by atoms with Crippen LogP contribution in [0.5, 0.6) is 0 Å². The van der Waals surface area contributed by atoms with Crippen molar-refractivity contribution >= 4 is 6.03 Å². The number of carbonyl (C=O) groups excluding carboxylic acids is 1. The lowest BCUT2D eigenvalue weighted by Gasteiger charge is -2.40. The van der Waals surface area contributed by atoms with Gasteiger partial charge in [-0.1, -0.05) is 0 Å². The molecule has 0 spiro atoms. The van der Waals surface area contributed by atoms with Gasteiger partial charge in [-0.3, -0.25) is 0 Å². The minimum absolute atomic E-state index is 0.412. The third-order valence-corrected chi connectivity index (χ3v) is 2.61. The van der Waals surface area contributed by atoms with Gasteiger partial charge in [0.2, 0.25) is 0 Å². The molecule has 104 valence electrons. The number of hydrogen-bond acceptors (Lipinski definition) is 8. The first kappa shape index (κ1) is 14.7. The van der Waals surface area contributed by atoms with Gasteiger partial charge in [0.15, 0.2) is 6.29 Å². The van der Waals surface area contributed by atoms with E-state index in [2.05, 4.69) is 10.6 Å². The number of aliphatic hydroxyl groups excluding tert-OH is 4. The van der Waals surface area contributed by atoms with E-state index in [-0.39, 0.29) is 0 Å². The maximum absolute atomic E-state index is 11.3. The summed E-state index contributed by atoms with van der Waals surface area (Å²) in [4.78, 5) is 21.5. The van der Waals surface area contributed by atoms with Crippen LogP contribution in [-0.2, 0) is 4.74 Å². The van der Waals surface area contributed by atoms with Crippen LogP contribution in [0.15, 0.2) is 5.29 Å². The molecule has 5 N–H and O–H groups in total. The first-order valence-corrected chi connectivity index (χ1v) is 5.10. The number of hydrogen-bond donors (Lipinski definition) is 5. The summed E-state index contributed by atoms with van der Waals surface area (Å²) >= 11 is 0. The molecule has 1 saturated heterocycles. The van der Waals surface area contributed by atoms with Gasteiger partial charge in [0.1, 0.15) is 18.3 Å². The van der Waals surface area contributed by atoms with Crippen LogP contribution in [0.25, 0.3) is 0 Å². The highest BCUT2D eigenvalue weighted by Gasteiger charge is 2.44. The number of aliphatic hydroxyl groups is 4. The second kappa shape index (κ2) is 6.02. The molecule has 0 saturated carbocycles. The monoisotopic (exact) mass is 265 g/mol. The molecule has 0 aromatic rings. The normalized spacial score (nSPS) is 35.9. The average molecular weight is 265 g/mol. The quantitative estimate of drug-likeness (QED) is 0.271. The summed E-state index contributed by atoms with van der Waals surface area (Å²) in [6, 6.07) is -2.28. The highest BCUT2D eigenvalue weighted by Crippen LogP contribution is 2.19. The number of rotatable bonds is 3. The molecule has 5 atom stereocenters. The molecule has 1 rings (SSSR count). The van der Waals surface area contributed by atoms with E-state index in [9.17, 15) is 25.0 Å². The zero-order valence-corrected chi connectivity index (χ0v) is 9.50. The molecular formula is C8H15N3O7. The van der Waals surface area contributed by atoms with E-state index in [1.54, 1.807) is 0 Å². The zero-order chi connectivity index (χ0) is 13.9. The Labute approximate surface area is 102 Å². The van der Waals surface area contributed by atoms with Gasteiger partial charge in [-0.2, -0.15) is 5.01 Å². The molecule has 0 unspecified atom stereocenters. The lowest BCUT2D eigenvalue weighted by Crippen LogP contribution is -2.65. The number of nitrogens with zero attached hydrogens (tertiary/aromatic N) is 2. The van der Waals surface area contributed by atoms with Gasteiger partial charge in [0.05, 0.1) is 17.9 Å². The average Bonchev–Trinajstić information content (AvgIpc) is 2.37. The van der Waals surface area contributed by atoms with Gasteiger partial charge in [-0.15, -0.1) is 4.91 Å². The molecule has 10 nitrogen and oxygen atoms in total. The predicted molar refractivity (Wildman–Crippen MR) is 55.9 cm³/mol. The summed E-state index contributed by atoms with van der Waals surface area (Å²) < 4.78 is 4.71. The van der Waals surface area contributed by atoms with Crippen molar-refractivity contribution in [2.45, 2.75) is 30.6 Å². The van der Waals surface area contributed by atoms with Crippen LogP contribution in [0.1, 0.15) is 0 Å².